The largest absolute Gasteiger partial charge is 0.383 e. The van der Waals surface area contributed by atoms with Gasteiger partial charge in [0.05, 0.1) is 10.7 Å². The molecule has 82 valence electrons. The van der Waals surface area contributed by atoms with Crippen LogP contribution >= 0.6 is 11.6 Å². The lowest BCUT2D eigenvalue weighted by atomic mass is 9.86. The van der Waals surface area contributed by atoms with Crippen LogP contribution in [0.25, 0.3) is 0 Å². The van der Waals surface area contributed by atoms with Gasteiger partial charge in [0, 0.05) is 12.5 Å². The molecule has 1 heterocycles. The Hall–Kier alpha value is -0.690. The molecule has 2 unspecified atom stereocenters. The third kappa shape index (κ3) is 1.98. The zero-order valence-corrected chi connectivity index (χ0v) is 10.1. The van der Waals surface area contributed by atoms with E-state index in [9.17, 15) is 0 Å². The smallest absolute Gasteiger partial charge is 0.0640 e. The van der Waals surface area contributed by atoms with Gasteiger partial charge in [-0.25, -0.2) is 0 Å². The van der Waals surface area contributed by atoms with E-state index in [0.717, 1.165) is 23.2 Å². The van der Waals surface area contributed by atoms with E-state index in [-0.39, 0.29) is 0 Å². The number of benzene rings is 1. The summed E-state index contributed by atoms with van der Waals surface area (Å²) in [4.78, 5) is 0. The second-order valence-corrected chi connectivity index (χ2v) is 4.86. The number of hydrogen-bond donors (Lipinski definition) is 1. The van der Waals surface area contributed by atoms with Crippen LogP contribution < -0.4 is 5.32 Å². The second-order valence-electron chi connectivity index (χ2n) is 4.46. The van der Waals surface area contributed by atoms with E-state index < -0.39 is 0 Å². The zero-order chi connectivity index (χ0) is 10.8. The molecule has 1 aliphatic rings. The Morgan fingerprint density at radius 1 is 1.53 bits per heavy atom. The quantitative estimate of drug-likeness (QED) is 0.807. The van der Waals surface area contributed by atoms with E-state index >= 15 is 0 Å². The molecule has 0 bridgehead atoms. The van der Waals surface area contributed by atoms with Crippen LogP contribution in [-0.4, -0.2) is 6.54 Å². The second kappa shape index (κ2) is 4.44. The monoisotopic (exact) mass is 223 g/mol. The molecule has 1 aromatic carbocycles. The molecule has 2 heteroatoms. The van der Waals surface area contributed by atoms with Crippen LogP contribution in [0.3, 0.4) is 0 Å². The standard InChI is InChI=1S/C13H18ClN/c1-3-5-9(2)11-8-15-13-10(11)6-4-7-12(13)14/h4,6-7,9,11,15H,3,5,8H2,1-2H3. The van der Waals surface area contributed by atoms with Crippen molar-refractivity contribution in [1.82, 2.24) is 0 Å². The van der Waals surface area contributed by atoms with E-state index in [1.54, 1.807) is 0 Å². The topological polar surface area (TPSA) is 12.0 Å². The summed E-state index contributed by atoms with van der Waals surface area (Å²) in [5.74, 6) is 1.38. The Kier molecular flexibility index (Phi) is 3.20. The lowest BCUT2D eigenvalue weighted by molar-refractivity contribution is 0.447. The number of anilines is 1. The van der Waals surface area contributed by atoms with Crippen LogP contribution in [0.5, 0.6) is 0 Å². The summed E-state index contributed by atoms with van der Waals surface area (Å²) in [6.07, 6.45) is 2.55. The molecule has 0 fully saturated rings. The minimum Gasteiger partial charge on any atom is -0.383 e. The van der Waals surface area contributed by atoms with Gasteiger partial charge < -0.3 is 5.32 Å². The van der Waals surface area contributed by atoms with Gasteiger partial charge in [-0.3, -0.25) is 0 Å². The van der Waals surface area contributed by atoms with Crippen LogP contribution in [0.4, 0.5) is 5.69 Å². The van der Waals surface area contributed by atoms with E-state index in [0.29, 0.717) is 5.92 Å². The molecule has 2 rings (SSSR count). The molecule has 2 atom stereocenters. The third-order valence-electron chi connectivity index (χ3n) is 3.37. The Balaban J connectivity index is 2.25. The van der Waals surface area contributed by atoms with Gasteiger partial charge >= 0.3 is 0 Å². The van der Waals surface area contributed by atoms with Crippen molar-refractivity contribution in [2.45, 2.75) is 32.6 Å². The van der Waals surface area contributed by atoms with Crippen LogP contribution in [-0.2, 0) is 0 Å². The van der Waals surface area contributed by atoms with Gasteiger partial charge in [-0.1, -0.05) is 50.4 Å². The third-order valence-corrected chi connectivity index (χ3v) is 3.69. The Morgan fingerprint density at radius 3 is 3.07 bits per heavy atom. The van der Waals surface area contributed by atoms with Crippen molar-refractivity contribution in [3.63, 3.8) is 0 Å². The van der Waals surface area contributed by atoms with Gasteiger partial charge in [0.1, 0.15) is 0 Å². The molecular formula is C13H18ClN. The highest BCUT2D eigenvalue weighted by Crippen LogP contribution is 2.41. The molecular weight excluding hydrogens is 206 g/mol. The first-order chi connectivity index (χ1) is 7.24. The van der Waals surface area contributed by atoms with E-state index in [2.05, 4.69) is 31.3 Å². The fourth-order valence-electron chi connectivity index (χ4n) is 2.52. The van der Waals surface area contributed by atoms with Crippen LogP contribution in [0.1, 0.15) is 38.2 Å². The number of para-hydroxylation sites is 1. The Morgan fingerprint density at radius 2 is 2.33 bits per heavy atom. The normalized spacial score (nSPS) is 20.9. The molecule has 0 spiro atoms. The first-order valence-electron chi connectivity index (χ1n) is 5.76. The maximum atomic E-state index is 6.15. The van der Waals surface area contributed by atoms with Gasteiger partial charge in [0.25, 0.3) is 0 Å². The first kappa shape index (κ1) is 10.8. The molecule has 1 nitrogen and oxygen atoms in total. The maximum Gasteiger partial charge on any atom is 0.0640 e. The number of halogens is 1. The maximum absolute atomic E-state index is 6.15. The van der Waals surface area contributed by atoms with Gasteiger partial charge in [0.2, 0.25) is 0 Å². The van der Waals surface area contributed by atoms with Crippen molar-refractivity contribution in [3.05, 3.63) is 28.8 Å². The SMILES string of the molecule is CCCC(C)C1CNc2c(Cl)cccc21. The van der Waals surface area contributed by atoms with Gasteiger partial charge in [0.15, 0.2) is 0 Å². The molecule has 0 saturated heterocycles. The first-order valence-corrected chi connectivity index (χ1v) is 6.14. The summed E-state index contributed by atoms with van der Waals surface area (Å²) in [5, 5.41) is 4.29. The minimum atomic E-state index is 0.638. The highest BCUT2D eigenvalue weighted by molar-refractivity contribution is 6.33. The van der Waals surface area contributed by atoms with Crippen molar-refractivity contribution < 1.29 is 0 Å². The summed E-state index contributed by atoms with van der Waals surface area (Å²) >= 11 is 6.15. The van der Waals surface area contributed by atoms with Crippen molar-refractivity contribution in [3.8, 4) is 0 Å². The molecule has 1 aromatic rings. The predicted octanol–water partition coefficient (Wildman–Crippen LogP) is 4.29. The van der Waals surface area contributed by atoms with E-state index in [1.807, 2.05) is 6.07 Å². The van der Waals surface area contributed by atoms with E-state index in [4.69, 9.17) is 11.6 Å². The van der Waals surface area contributed by atoms with Crippen LogP contribution in [0, 0.1) is 5.92 Å². The minimum absolute atomic E-state index is 0.638. The summed E-state index contributed by atoms with van der Waals surface area (Å²) in [6.45, 7) is 5.63. The van der Waals surface area contributed by atoms with Crippen molar-refractivity contribution >= 4 is 17.3 Å². The lowest BCUT2D eigenvalue weighted by Crippen LogP contribution is -2.11. The molecule has 15 heavy (non-hydrogen) atoms. The zero-order valence-electron chi connectivity index (χ0n) is 9.39. The summed E-state index contributed by atoms with van der Waals surface area (Å²) in [7, 11) is 0. The number of hydrogen-bond acceptors (Lipinski definition) is 1. The van der Waals surface area contributed by atoms with Gasteiger partial charge in [-0.05, 0) is 17.5 Å². The number of rotatable bonds is 3. The van der Waals surface area contributed by atoms with Crippen molar-refractivity contribution in [2.75, 3.05) is 11.9 Å². The fraction of sp³-hybridized carbons (Fsp3) is 0.538. The highest BCUT2D eigenvalue weighted by atomic mass is 35.5. The average Bonchev–Trinajstić information content (AvgIpc) is 2.63. The van der Waals surface area contributed by atoms with Crippen LogP contribution in [0.2, 0.25) is 5.02 Å². The van der Waals surface area contributed by atoms with Crippen molar-refractivity contribution in [1.29, 1.82) is 0 Å². The van der Waals surface area contributed by atoms with Crippen LogP contribution in [0.15, 0.2) is 18.2 Å². The summed E-state index contributed by atoms with van der Waals surface area (Å²) in [5.41, 5.74) is 2.57. The number of fused-ring (bicyclic) bond motifs is 1. The summed E-state index contributed by atoms with van der Waals surface area (Å²) in [6, 6.07) is 6.22. The lowest BCUT2D eigenvalue weighted by Gasteiger charge is -2.18. The molecule has 0 aliphatic carbocycles. The molecule has 0 saturated carbocycles. The van der Waals surface area contributed by atoms with Crippen molar-refractivity contribution in [2.24, 2.45) is 5.92 Å². The molecule has 1 N–H and O–H groups in total. The molecule has 0 amide bonds. The average molecular weight is 224 g/mol. The summed E-state index contributed by atoms with van der Waals surface area (Å²) < 4.78 is 0. The van der Waals surface area contributed by atoms with Gasteiger partial charge in [-0.15, -0.1) is 0 Å². The van der Waals surface area contributed by atoms with Gasteiger partial charge in [-0.2, -0.15) is 0 Å². The fourth-order valence-corrected chi connectivity index (χ4v) is 2.77. The molecule has 1 aliphatic heterocycles. The highest BCUT2D eigenvalue weighted by Gasteiger charge is 2.27. The van der Waals surface area contributed by atoms with E-state index in [1.165, 1.54) is 18.4 Å². The molecule has 0 aromatic heterocycles. The number of nitrogens with one attached hydrogen (secondary N) is 1. The predicted molar refractivity (Wildman–Crippen MR) is 66.8 cm³/mol. The Bertz CT molecular complexity index is 348. The molecule has 0 radical (unpaired) electrons. The Labute approximate surface area is 96.8 Å².